The average Bonchev–Trinajstić information content (AvgIpc) is 2.98. The van der Waals surface area contributed by atoms with Crippen molar-refractivity contribution < 1.29 is 13.9 Å². The number of halogens is 1. The number of anilines is 2. The molecule has 0 radical (unpaired) electrons. The maximum Gasteiger partial charge on any atom is 0.213 e. The molecule has 2 aromatic rings. The summed E-state index contributed by atoms with van der Waals surface area (Å²) in [5, 5.41) is 6.33. The van der Waals surface area contributed by atoms with Gasteiger partial charge in [0.2, 0.25) is 5.88 Å². The zero-order valence-electron chi connectivity index (χ0n) is 22.2. The lowest BCUT2D eigenvalue weighted by Gasteiger charge is -2.25. The number of hydrogen-bond donors (Lipinski definition) is 1. The Hall–Kier alpha value is -4.04. The minimum Gasteiger partial charge on any atom is -0.481 e. The number of aromatic nitrogens is 3. The number of pyridine rings is 1. The molecule has 1 aliphatic heterocycles. The quantitative estimate of drug-likeness (QED) is 0.402. The number of nitrogens with zero attached hydrogens (tertiary/aromatic N) is 4. The third-order valence-electron chi connectivity index (χ3n) is 7.53. The van der Waals surface area contributed by atoms with Crippen LogP contribution in [0.15, 0.2) is 59.7 Å². The van der Waals surface area contributed by atoms with Crippen molar-refractivity contribution in [1.82, 2.24) is 14.5 Å². The Morgan fingerprint density at radius 3 is 2.49 bits per heavy atom. The summed E-state index contributed by atoms with van der Waals surface area (Å²) in [6.45, 7) is 0. The van der Waals surface area contributed by atoms with E-state index >= 15 is 0 Å². The van der Waals surface area contributed by atoms with Gasteiger partial charge in [0.25, 0.3) is 0 Å². The molecule has 200 valence electrons. The van der Waals surface area contributed by atoms with E-state index in [4.69, 9.17) is 19.5 Å². The van der Waals surface area contributed by atoms with Gasteiger partial charge in [0.15, 0.2) is 0 Å². The molecule has 3 aliphatic carbocycles. The Morgan fingerprint density at radius 1 is 0.974 bits per heavy atom. The van der Waals surface area contributed by atoms with Crippen molar-refractivity contribution in [2.75, 3.05) is 19.5 Å². The van der Waals surface area contributed by atoms with Crippen LogP contribution < -0.4 is 26.1 Å². The molecule has 0 unspecified atom stereocenters. The van der Waals surface area contributed by atoms with Crippen LogP contribution in [0.4, 0.5) is 15.8 Å². The Bertz CT molecular complexity index is 1620. The molecular formula is C31H32FN5O2. The molecule has 0 bridgehead atoms. The summed E-state index contributed by atoms with van der Waals surface area (Å²) in [6.07, 6.45) is 12.3. The van der Waals surface area contributed by atoms with Gasteiger partial charge in [-0.1, -0.05) is 12.2 Å². The predicted molar refractivity (Wildman–Crippen MR) is 150 cm³/mol. The molecule has 1 saturated carbocycles. The summed E-state index contributed by atoms with van der Waals surface area (Å²) in [5.41, 5.74) is 4.34. The minimum absolute atomic E-state index is 0.202. The van der Waals surface area contributed by atoms with Gasteiger partial charge < -0.3 is 19.4 Å². The van der Waals surface area contributed by atoms with E-state index in [0.29, 0.717) is 12.0 Å². The van der Waals surface area contributed by atoms with Crippen molar-refractivity contribution in [1.29, 1.82) is 0 Å². The van der Waals surface area contributed by atoms with Gasteiger partial charge in [-0.15, -0.1) is 0 Å². The molecule has 0 amide bonds. The highest BCUT2D eigenvalue weighted by Crippen LogP contribution is 2.26. The number of benzene rings is 2. The van der Waals surface area contributed by atoms with E-state index in [9.17, 15) is 4.39 Å². The lowest BCUT2D eigenvalue weighted by Crippen LogP contribution is -2.40. The first-order chi connectivity index (χ1) is 19.1. The normalized spacial score (nSPS) is 19.2. The number of nitrogens with one attached hydrogen (secondary N) is 1. The lowest BCUT2D eigenvalue weighted by molar-refractivity contribution is 0.0663. The first-order valence-corrected chi connectivity index (χ1v) is 13.5. The molecule has 1 aromatic carbocycles. The molecule has 0 saturated heterocycles. The van der Waals surface area contributed by atoms with Crippen LogP contribution in [0, 0.1) is 5.82 Å². The topological polar surface area (TPSA) is 73.6 Å². The molecular weight excluding hydrogens is 493 g/mol. The summed E-state index contributed by atoms with van der Waals surface area (Å²) in [5.74, 6) is 0.295. The standard InChI is InChI=1S/C31H32FN5O2/c1-38-24-14-9-21(10-15-24)34-27-18-30-28(17-26(27)35-22-11-16-31(39-2)33-19-22)36-25-5-3-4-6-29(25)37(30)23-12-7-20(32)8-13-23/h5-8,11-13,16-19,21,24,35H,3-4,9-10,14-15H2,1-2H3. The van der Waals surface area contributed by atoms with Gasteiger partial charge in [-0.2, -0.15) is 0 Å². The van der Waals surface area contributed by atoms with Crippen molar-refractivity contribution >= 4 is 23.5 Å². The van der Waals surface area contributed by atoms with E-state index in [1.165, 1.54) is 12.1 Å². The molecule has 6 rings (SSSR count). The van der Waals surface area contributed by atoms with Gasteiger partial charge in [0.05, 0.1) is 64.3 Å². The second-order valence-electron chi connectivity index (χ2n) is 10.0. The minimum atomic E-state index is -0.260. The molecule has 4 aliphatic rings. The summed E-state index contributed by atoms with van der Waals surface area (Å²) in [4.78, 5) is 14.6. The van der Waals surface area contributed by atoms with Crippen LogP contribution in [0.25, 0.3) is 29.2 Å². The second-order valence-corrected chi connectivity index (χ2v) is 10.0. The molecule has 0 atom stereocenters. The van der Waals surface area contributed by atoms with E-state index in [2.05, 4.69) is 39.2 Å². The largest absolute Gasteiger partial charge is 0.481 e. The first-order valence-electron chi connectivity index (χ1n) is 13.5. The van der Waals surface area contributed by atoms with E-state index in [-0.39, 0.29) is 11.9 Å². The van der Waals surface area contributed by atoms with Crippen LogP contribution in [-0.2, 0) is 4.74 Å². The van der Waals surface area contributed by atoms with Gasteiger partial charge >= 0.3 is 0 Å². The molecule has 1 fully saturated rings. The molecule has 1 aromatic heterocycles. The summed E-state index contributed by atoms with van der Waals surface area (Å²) in [7, 11) is 3.39. The van der Waals surface area contributed by atoms with Crippen LogP contribution >= 0.6 is 0 Å². The van der Waals surface area contributed by atoms with Crippen molar-refractivity contribution in [3.05, 3.63) is 76.6 Å². The maximum absolute atomic E-state index is 13.9. The number of hydrogen-bond acceptors (Lipinski definition) is 6. The van der Waals surface area contributed by atoms with Gasteiger partial charge in [-0.05, 0) is 81.0 Å². The lowest BCUT2D eigenvalue weighted by atomic mass is 9.93. The molecule has 7 nitrogen and oxygen atoms in total. The maximum atomic E-state index is 13.9. The number of methoxy groups -OCH3 is 2. The molecule has 8 heteroatoms. The number of ether oxygens (including phenoxy) is 2. The van der Waals surface area contributed by atoms with E-state index < -0.39 is 0 Å². The summed E-state index contributed by atoms with van der Waals surface area (Å²) in [6, 6.07) is 14.8. The predicted octanol–water partition coefficient (Wildman–Crippen LogP) is 4.48. The highest BCUT2D eigenvalue weighted by molar-refractivity contribution is 5.70. The van der Waals surface area contributed by atoms with Gasteiger partial charge in [0, 0.05) is 18.9 Å². The van der Waals surface area contributed by atoms with Crippen molar-refractivity contribution in [3.8, 4) is 23.0 Å². The Kier molecular flexibility index (Phi) is 7.11. The fourth-order valence-electron chi connectivity index (χ4n) is 5.46. The summed E-state index contributed by atoms with van der Waals surface area (Å²) < 4.78 is 26.8. The first kappa shape index (κ1) is 25.2. The zero-order valence-corrected chi connectivity index (χ0v) is 22.2. The van der Waals surface area contributed by atoms with Crippen LogP contribution in [0.5, 0.6) is 5.88 Å². The second kappa shape index (κ2) is 11.0. The van der Waals surface area contributed by atoms with Crippen LogP contribution in [-0.4, -0.2) is 40.9 Å². The smallest absolute Gasteiger partial charge is 0.213 e. The van der Waals surface area contributed by atoms with Crippen molar-refractivity contribution in [3.63, 3.8) is 0 Å². The highest BCUT2D eigenvalue weighted by atomic mass is 19.1. The van der Waals surface area contributed by atoms with E-state index in [1.807, 2.05) is 24.3 Å². The molecule has 1 N–H and O–H groups in total. The Morgan fingerprint density at radius 2 is 1.77 bits per heavy atom. The third-order valence-corrected chi connectivity index (χ3v) is 7.53. The fourth-order valence-corrected chi connectivity index (χ4v) is 5.46. The van der Waals surface area contributed by atoms with Crippen LogP contribution in [0.2, 0.25) is 0 Å². The molecule has 2 heterocycles. The Labute approximate surface area is 226 Å². The van der Waals surface area contributed by atoms with Gasteiger partial charge in [-0.3, -0.25) is 4.99 Å². The van der Waals surface area contributed by atoms with Crippen molar-refractivity contribution in [2.45, 2.75) is 50.7 Å². The summed E-state index contributed by atoms with van der Waals surface area (Å²) >= 11 is 0. The fraction of sp³-hybridized carbons (Fsp3) is 0.323. The average molecular weight is 526 g/mol. The van der Waals surface area contributed by atoms with Gasteiger partial charge in [-0.25, -0.2) is 14.4 Å². The van der Waals surface area contributed by atoms with Crippen molar-refractivity contribution in [2.24, 2.45) is 4.99 Å². The molecule has 0 spiro atoms. The number of rotatable bonds is 6. The van der Waals surface area contributed by atoms with Crippen LogP contribution in [0.1, 0.15) is 38.5 Å². The van der Waals surface area contributed by atoms with Crippen LogP contribution in [0.3, 0.4) is 0 Å². The monoisotopic (exact) mass is 525 g/mol. The molecule has 39 heavy (non-hydrogen) atoms. The SMILES string of the molecule is COc1ccc(Nc2cc3nc4c(n(-c5ccc(F)cc5)c-3cc2=NC2CCC(OC)CC2)=CCCC=4)cn1. The van der Waals surface area contributed by atoms with Gasteiger partial charge in [0.1, 0.15) is 5.82 Å². The zero-order chi connectivity index (χ0) is 26.8. The highest BCUT2D eigenvalue weighted by Gasteiger charge is 2.21. The van der Waals surface area contributed by atoms with E-state index in [0.717, 1.165) is 83.0 Å². The Balaban J connectivity index is 1.55. The number of fused-ring (bicyclic) bond motifs is 2. The van der Waals surface area contributed by atoms with E-state index in [1.54, 1.807) is 20.4 Å². The third kappa shape index (κ3) is 5.29.